The zero-order valence-corrected chi connectivity index (χ0v) is 11.0. The number of piperazine rings is 1. The molecule has 1 atom stereocenters. The molecule has 0 spiro atoms. The molecule has 1 aliphatic rings. The van der Waals surface area contributed by atoms with E-state index in [0.717, 1.165) is 32.4 Å². The van der Waals surface area contributed by atoms with Crippen LogP contribution in [0.2, 0.25) is 0 Å². The van der Waals surface area contributed by atoms with Crippen molar-refractivity contribution < 1.29 is 8.42 Å². The van der Waals surface area contributed by atoms with Crippen molar-refractivity contribution in [1.82, 2.24) is 14.3 Å². The fourth-order valence-electron chi connectivity index (χ4n) is 1.78. The number of nitrogens with zero attached hydrogens (tertiary/aromatic N) is 1. The first kappa shape index (κ1) is 13.9. The monoisotopic (exact) mass is 249 g/mol. The van der Waals surface area contributed by atoms with E-state index in [4.69, 9.17) is 0 Å². The first-order valence-corrected chi connectivity index (χ1v) is 7.48. The van der Waals surface area contributed by atoms with Gasteiger partial charge in [-0.25, -0.2) is 0 Å². The van der Waals surface area contributed by atoms with E-state index >= 15 is 0 Å². The fourth-order valence-corrected chi connectivity index (χ4v) is 3.22. The molecule has 0 amide bonds. The van der Waals surface area contributed by atoms with Gasteiger partial charge in [0.15, 0.2) is 0 Å². The maximum atomic E-state index is 11.9. The third-order valence-electron chi connectivity index (χ3n) is 2.76. The van der Waals surface area contributed by atoms with E-state index in [1.54, 1.807) is 0 Å². The lowest BCUT2D eigenvalue weighted by atomic mass is 10.2. The summed E-state index contributed by atoms with van der Waals surface area (Å²) in [6.45, 7) is 6.65. The van der Waals surface area contributed by atoms with Gasteiger partial charge in [0.25, 0.3) is 10.2 Å². The zero-order valence-electron chi connectivity index (χ0n) is 10.2. The van der Waals surface area contributed by atoms with Crippen molar-refractivity contribution in [2.45, 2.75) is 39.2 Å². The van der Waals surface area contributed by atoms with Gasteiger partial charge in [0.05, 0.1) is 0 Å². The Labute approximate surface area is 98.8 Å². The van der Waals surface area contributed by atoms with Gasteiger partial charge in [-0.05, 0) is 13.3 Å². The summed E-state index contributed by atoms with van der Waals surface area (Å²) < 4.78 is 28.1. The van der Waals surface area contributed by atoms with Crippen molar-refractivity contribution in [3.8, 4) is 0 Å². The number of hydrogen-bond donors (Lipinski definition) is 2. The standard InChI is InChI=1S/C10H23N3O2S/c1-3-4-5-10(2)12-16(14,15)13-8-6-11-7-9-13/h10-12H,3-9H2,1-2H3. The van der Waals surface area contributed by atoms with Gasteiger partial charge < -0.3 is 5.32 Å². The minimum atomic E-state index is -3.27. The Hall–Kier alpha value is -0.170. The van der Waals surface area contributed by atoms with Gasteiger partial charge in [-0.15, -0.1) is 0 Å². The summed E-state index contributed by atoms with van der Waals surface area (Å²) in [6, 6.07) is 0.0276. The molecule has 0 saturated carbocycles. The quantitative estimate of drug-likeness (QED) is 0.712. The Morgan fingerprint density at radius 3 is 2.56 bits per heavy atom. The zero-order chi connectivity index (χ0) is 12.0. The maximum Gasteiger partial charge on any atom is 0.279 e. The van der Waals surface area contributed by atoms with Gasteiger partial charge in [-0.2, -0.15) is 17.4 Å². The molecule has 1 heterocycles. The SMILES string of the molecule is CCCCC(C)NS(=O)(=O)N1CCNCC1. The molecule has 2 N–H and O–H groups in total. The Morgan fingerprint density at radius 2 is 2.00 bits per heavy atom. The summed E-state index contributed by atoms with van der Waals surface area (Å²) in [5.74, 6) is 0. The minimum Gasteiger partial charge on any atom is -0.314 e. The van der Waals surface area contributed by atoms with Crippen molar-refractivity contribution in [3.63, 3.8) is 0 Å². The Kier molecular flexibility index (Phi) is 5.68. The van der Waals surface area contributed by atoms with Gasteiger partial charge in [0, 0.05) is 32.2 Å². The van der Waals surface area contributed by atoms with E-state index in [2.05, 4.69) is 17.0 Å². The molecule has 0 aliphatic carbocycles. The average Bonchev–Trinajstić information content (AvgIpc) is 2.27. The van der Waals surface area contributed by atoms with Crippen LogP contribution in [0.3, 0.4) is 0 Å². The van der Waals surface area contributed by atoms with Crippen molar-refractivity contribution >= 4 is 10.2 Å². The second-order valence-electron chi connectivity index (χ2n) is 4.32. The van der Waals surface area contributed by atoms with Crippen LogP contribution in [0.1, 0.15) is 33.1 Å². The molecule has 6 heteroatoms. The van der Waals surface area contributed by atoms with Crippen LogP contribution in [0.4, 0.5) is 0 Å². The summed E-state index contributed by atoms with van der Waals surface area (Å²) in [4.78, 5) is 0. The second kappa shape index (κ2) is 6.54. The van der Waals surface area contributed by atoms with Crippen LogP contribution in [0.25, 0.3) is 0 Å². The van der Waals surface area contributed by atoms with Crippen LogP contribution >= 0.6 is 0 Å². The molecule has 0 bridgehead atoms. The molecular formula is C10H23N3O2S. The highest BCUT2D eigenvalue weighted by Crippen LogP contribution is 2.05. The molecule has 0 aromatic carbocycles. The van der Waals surface area contributed by atoms with E-state index < -0.39 is 10.2 Å². The van der Waals surface area contributed by atoms with Gasteiger partial charge in [-0.1, -0.05) is 19.8 Å². The molecule has 1 saturated heterocycles. The molecule has 1 aliphatic heterocycles. The summed E-state index contributed by atoms with van der Waals surface area (Å²) in [7, 11) is -3.27. The Morgan fingerprint density at radius 1 is 1.38 bits per heavy atom. The molecule has 0 aromatic rings. The van der Waals surface area contributed by atoms with Crippen LogP contribution in [0, 0.1) is 0 Å². The first-order chi connectivity index (χ1) is 7.56. The molecule has 1 rings (SSSR count). The third-order valence-corrected chi connectivity index (χ3v) is 4.50. The van der Waals surface area contributed by atoms with Gasteiger partial charge in [-0.3, -0.25) is 0 Å². The van der Waals surface area contributed by atoms with Crippen molar-refractivity contribution in [3.05, 3.63) is 0 Å². The average molecular weight is 249 g/mol. The van der Waals surface area contributed by atoms with E-state index in [0.29, 0.717) is 13.1 Å². The number of unbranched alkanes of at least 4 members (excludes halogenated alkanes) is 1. The molecule has 0 radical (unpaired) electrons. The highest BCUT2D eigenvalue weighted by Gasteiger charge is 2.24. The molecule has 1 unspecified atom stereocenters. The van der Waals surface area contributed by atoms with Gasteiger partial charge >= 0.3 is 0 Å². The highest BCUT2D eigenvalue weighted by molar-refractivity contribution is 7.87. The molecule has 1 fully saturated rings. The summed E-state index contributed by atoms with van der Waals surface area (Å²) in [5, 5.41) is 3.14. The van der Waals surface area contributed by atoms with E-state index in [1.807, 2.05) is 6.92 Å². The molecule has 5 nitrogen and oxygen atoms in total. The van der Waals surface area contributed by atoms with E-state index in [-0.39, 0.29) is 6.04 Å². The Balaban J connectivity index is 2.43. The summed E-state index contributed by atoms with van der Waals surface area (Å²) in [5.41, 5.74) is 0. The number of nitrogens with one attached hydrogen (secondary N) is 2. The maximum absolute atomic E-state index is 11.9. The van der Waals surface area contributed by atoms with Crippen molar-refractivity contribution in [2.75, 3.05) is 26.2 Å². The van der Waals surface area contributed by atoms with E-state index in [1.165, 1.54) is 4.31 Å². The minimum absolute atomic E-state index is 0.0276. The van der Waals surface area contributed by atoms with Crippen LogP contribution in [-0.4, -0.2) is 44.9 Å². The van der Waals surface area contributed by atoms with E-state index in [9.17, 15) is 8.42 Å². The summed E-state index contributed by atoms with van der Waals surface area (Å²) >= 11 is 0. The predicted octanol–water partition coefficient (Wildman–Crippen LogP) is 0.305. The largest absolute Gasteiger partial charge is 0.314 e. The lowest BCUT2D eigenvalue weighted by Gasteiger charge is -2.28. The Bertz CT molecular complexity index is 286. The second-order valence-corrected chi connectivity index (χ2v) is 6.02. The number of hydrogen-bond acceptors (Lipinski definition) is 3. The smallest absolute Gasteiger partial charge is 0.279 e. The van der Waals surface area contributed by atoms with Crippen molar-refractivity contribution in [1.29, 1.82) is 0 Å². The number of rotatable bonds is 6. The molecular weight excluding hydrogens is 226 g/mol. The lowest BCUT2D eigenvalue weighted by molar-refractivity contribution is 0.350. The van der Waals surface area contributed by atoms with Crippen LogP contribution in [-0.2, 0) is 10.2 Å². The lowest BCUT2D eigenvalue weighted by Crippen LogP contribution is -2.52. The molecule has 16 heavy (non-hydrogen) atoms. The molecule has 96 valence electrons. The third kappa shape index (κ3) is 4.37. The first-order valence-electron chi connectivity index (χ1n) is 6.04. The van der Waals surface area contributed by atoms with Gasteiger partial charge in [0.2, 0.25) is 0 Å². The normalized spacial score (nSPS) is 20.9. The van der Waals surface area contributed by atoms with Crippen LogP contribution in [0.15, 0.2) is 0 Å². The van der Waals surface area contributed by atoms with Crippen LogP contribution < -0.4 is 10.0 Å². The predicted molar refractivity (Wildman–Crippen MR) is 65.5 cm³/mol. The molecule has 0 aromatic heterocycles. The fraction of sp³-hybridized carbons (Fsp3) is 1.00. The van der Waals surface area contributed by atoms with Crippen molar-refractivity contribution in [2.24, 2.45) is 0 Å². The topological polar surface area (TPSA) is 61.4 Å². The van der Waals surface area contributed by atoms with Crippen LogP contribution in [0.5, 0.6) is 0 Å². The summed E-state index contributed by atoms with van der Waals surface area (Å²) in [6.07, 6.45) is 3.06. The van der Waals surface area contributed by atoms with Gasteiger partial charge in [0.1, 0.15) is 0 Å². The highest BCUT2D eigenvalue weighted by atomic mass is 32.2.